The van der Waals surface area contributed by atoms with Crippen molar-refractivity contribution in [3.63, 3.8) is 0 Å². The van der Waals surface area contributed by atoms with Crippen LogP contribution in [0.1, 0.15) is 11.5 Å². The summed E-state index contributed by atoms with van der Waals surface area (Å²) in [6, 6.07) is 6.18. The molecule has 0 aromatic carbocycles. The molecule has 0 N–H and O–H groups in total. The fraction of sp³-hybridized carbons (Fsp3) is 0.400. The highest BCUT2D eigenvalue weighted by molar-refractivity contribution is 5.47. The van der Waals surface area contributed by atoms with Gasteiger partial charge in [-0.25, -0.2) is 4.68 Å². The molecule has 1 fully saturated rings. The summed E-state index contributed by atoms with van der Waals surface area (Å²) in [6.07, 6.45) is -4.62. The molecule has 1 aliphatic rings. The van der Waals surface area contributed by atoms with E-state index >= 15 is 0 Å². The Hall–Kier alpha value is -2.98. The van der Waals surface area contributed by atoms with Crippen molar-refractivity contribution in [1.82, 2.24) is 29.6 Å². The molecular weight excluding hydrogens is 351 g/mol. The van der Waals surface area contributed by atoms with E-state index in [4.69, 9.17) is 0 Å². The minimum absolute atomic E-state index is 0.0358. The molecule has 4 heterocycles. The molecule has 8 nitrogen and oxygen atoms in total. The molecule has 26 heavy (non-hydrogen) atoms. The normalized spacial score (nSPS) is 15.5. The van der Waals surface area contributed by atoms with Crippen molar-refractivity contribution < 1.29 is 13.2 Å². The molecule has 0 radical (unpaired) electrons. The summed E-state index contributed by atoms with van der Waals surface area (Å²) in [4.78, 5) is 13.6. The molecule has 3 aromatic heterocycles. The van der Waals surface area contributed by atoms with Crippen molar-refractivity contribution in [3.8, 4) is 0 Å². The fourth-order valence-electron chi connectivity index (χ4n) is 2.92. The average Bonchev–Trinajstić information content (AvgIpc) is 2.96. The van der Waals surface area contributed by atoms with Gasteiger partial charge in [0.15, 0.2) is 5.65 Å². The summed E-state index contributed by atoms with van der Waals surface area (Å²) in [6.45, 7) is 3.41. The molecule has 136 valence electrons. The Labute approximate surface area is 144 Å². The lowest BCUT2D eigenvalue weighted by molar-refractivity contribution is -0.146. The molecule has 1 aliphatic heterocycles. The molecule has 0 unspecified atom stereocenters. The van der Waals surface area contributed by atoms with Crippen LogP contribution >= 0.6 is 0 Å². The summed E-state index contributed by atoms with van der Waals surface area (Å²) in [5, 5.41) is 14.8. The maximum atomic E-state index is 12.9. The number of alkyl halides is 3. The fourth-order valence-corrected chi connectivity index (χ4v) is 2.92. The van der Waals surface area contributed by atoms with Crippen molar-refractivity contribution >= 4 is 11.5 Å². The molecule has 0 saturated carbocycles. The van der Waals surface area contributed by atoms with E-state index in [1.54, 1.807) is 19.1 Å². The number of nitrogens with zero attached hydrogens (tertiary/aromatic N) is 7. The number of rotatable bonds is 3. The van der Waals surface area contributed by atoms with Crippen molar-refractivity contribution in [1.29, 1.82) is 0 Å². The summed E-state index contributed by atoms with van der Waals surface area (Å²) < 4.78 is 40.9. The van der Waals surface area contributed by atoms with Gasteiger partial charge in [-0.3, -0.25) is 4.79 Å². The van der Waals surface area contributed by atoms with Gasteiger partial charge in [0.2, 0.25) is 0 Å². The SMILES string of the molecule is Cc1ccc(=O)n(CC2CN(c3ccc4nnc(C(F)(F)F)n4n3)C2)n1. The largest absolute Gasteiger partial charge is 0.453 e. The molecule has 11 heteroatoms. The van der Waals surface area contributed by atoms with Crippen LogP contribution in [0.4, 0.5) is 19.0 Å². The molecule has 1 saturated heterocycles. The lowest BCUT2D eigenvalue weighted by Crippen LogP contribution is -2.50. The molecule has 0 aliphatic carbocycles. The average molecular weight is 365 g/mol. The number of halogens is 3. The number of hydrogen-bond donors (Lipinski definition) is 0. The van der Waals surface area contributed by atoms with E-state index in [1.807, 2.05) is 4.90 Å². The van der Waals surface area contributed by atoms with Crippen molar-refractivity contribution in [3.05, 3.63) is 46.1 Å². The zero-order valence-electron chi connectivity index (χ0n) is 13.7. The first-order valence-electron chi connectivity index (χ1n) is 7.90. The summed E-state index contributed by atoms with van der Waals surface area (Å²) >= 11 is 0. The third-order valence-electron chi connectivity index (χ3n) is 4.21. The second kappa shape index (κ2) is 5.78. The van der Waals surface area contributed by atoms with E-state index in [1.165, 1.54) is 16.8 Å². The molecule has 0 spiro atoms. The Morgan fingerprint density at radius 1 is 1.12 bits per heavy atom. The minimum atomic E-state index is -4.62. The van der Waals surface area contributed by atoms with Gasteiger partial charge in [-0.15, -0.1) is 15.3 Å². The predicted octanol–water partition coefficient (Wildman–Crippen LogP) is 1.14. The van der Waals surface area contributed by atoms with E-state index in [9.17, 15) is 18.0 Å². The van der Waals surface area contributed by atoms with Gasteiger partial charge in [-0.05, 0) is 25.1 Å². The van der Waals surface area contributed by atoms with Gasteiger partial charge < -0.3 is 4.90 Å². The van der Waals surface area contributed by atoms with Crippen LogP contribution in [0.15, 0.2) is 29.1 Å². The second-order valence-electron chi connectivity index (χ2n) is 6.25. The molecule has 0 atom stereocenters. The topological polar surface area (TPSA) is 81.2 Å². The smallest absolute Gasteiger partial charge is 0.354 e. The maximum absolute atomic E-state index is 12.9. The van der Waals surface area contributed by atoms with E-state index in [0.29, 0.717) is 30.0 Å². The molecule has 0 bridgehead atoms. The number of aryl methyl sites for hydroxylation is 1. The Balaban J connectivity index is 1.50. The standard InChI is InChI=1S/C15H14F3N7O/c1-9-2-5-13(26)24(21-9)8-10-6-23(7-10)12-4-3-11-19-20-14(15(16,17)18)25(11)22-12/h2-5,10H,6-8H2,1H3. The summed E-state index contributed by atoms with van der Waals surface area (Å²) in [5.41, 5.74) is 0.613. The molecule has 3 aromatic rings. The van der Waals surface area contributed by atoms with E-state index in [2.05, 4.69) is 20.4 Å². The molecule has 4 rings (SSSR count). The number of anilines is 1. The Kier molecular flexibility index (Phi) is 3.67. The molecular formula is C15H14F3N7O. The Bertz CT molecular complexity index is 1020. The molecule has 0 amide bonds. The Morgan fingerprint density at radius 2 is 1.88 bits per heavy atom. The predicted molar refractivity (Wildman–Crippen MR) is 84.7 cm³/mol. The van der Waals surface area contributed by atoms with Crippen LogP contribution in [0.5, 0.6) is 0 Å². The number of fused-ring (bicyclic) bond motifs is 1. The second-order valence-corrected chi connectivity index (χ2v) is 6.25. The first-order valence-corrected chi connectivity index (χ1v) is 7.90. The summed E-state index contributed by atoms with van der Waals surface area (Å²) in [7, 11) is 0. The maximum Gasteiger partial charge on any atom is 0.453 e. The van der Waals surface area contributed by atoms with Gasteiger partial charge in [0, 0.05) is 25.1 Å². The number of aromatic nitrogens is 6. The van der Waals surface area contributed by atoms with Gasteiger partial charge in [-0.1, -0.05) is 0 Å². The minimum Gasteiger partial charge on any atom is -0.354 e. The third kappa shape index (κ3) is 2.89. The van der Waals surface area contributed by atoms with Crippen LogP contribution in [0.2, 0.25) is 0 Å². The van der Waals surface area contributed by atoms with Gasteiger partial charge in [0.05, 0.1) is 12.2 Å². The van der Waals surface area contributed by atoms with Crippen molar-refractivity contribution in [2.45, 2.75) is 19.6 Å². The van der Waals surface area contributed by atoms with E-state index < -0.39 is 12.0 Å². The highest BCUT2D eigenvalue weighted by Gasteiger charge is 2.38. The number of hydrogen-bond acceptors (Lipinski definition) is 6. The highest BCUT2D eigenvalue weighted by atomic mass is 19.4. The van der Waals surface area contributed by atoms with Crippen LogP contribution in [-0.2, 0) is 12.7 Å². The van der Waals surface area contributed by atoms with Crippen LogP contribution in [0.25, 0.3) is 5.65 Å². The lowest BCUT2D eigenvalue weighted by atomic mass is 10.0. The van der Waals surface area contributed by atoms with Crippen molar-refractivity contribution in [2.24, 2.45) is 5.92 Å². The quantitative estimate of drug-likeness (QED) is 0.693. The highest BCUT2D eigenvalue weighted by Crippen LogP contribution is 2.29. The van der Waals surface area contributed by atoms with Crippen LogP contribution in [0, 0.1) is 12.8 Å². The van der Waals surface area contributed by atoms with Gasteiger partial charge >= 0.3 is 6.18 Å². The van der Waals surface area contributed by atoms with E-state index in [0.717, 1.165) is 5.69 Å². The lowest BCUT2D eigenvalue weighted by Gasteiger charge is -2.39. The summed E-state index contributed by atoms with van der Waals surface area (Å²) in [5.74, 6) is -0.576. The first kappa shape index (κ1) is 16.5. The van der Waals surface area contributed by atoms with Crippen LogP contribution < -0.4 is 10.5 Å². The van der Waals surface area contributed by atoms with Crippen LogP contribution in [0.3, 0.4) is 0 Å². The van der Waals surface area contributed by atoms with Gasteiger partial charge in [0.25, 0.3) is 11.4 Å². The Morgan fingerprint density at radius 3 is 2.62 bits per heavy atom. The van der Waals surface area contributed by atoms with Crippen LogP contribution in [-0.4, -0.2) is 42.7 Å². The van der Waals surface area contributed by atoms with Gasteiger partial charge in [-0.2, -0.15) is 22.8 Å². The van der Waals surface area contributed by atoms with Gasteiger partial charge in [0.1, 0.15) is 5.82 Å². The zero-order chi connectivity index (χ0) is 18.5. The zero-order valence-corrected chi connectivity index (χ0v) is 13.7. The third-order valence-corrected chi connectivity index (χ3v) is 4.21. The van der Waals surface area contributed by atoms with E-state index in [-0.39, 0.29) is 17.1 Å². The monoisotopic (exact) mass is 365 g/mol. The van der Waals surface area contributed by atoms with Crippen molar-refractivity contribution in [2.75, 3.05) is 18.0 Å². The first-order chi connectivity index (χ1) is 12.3.